The van der Waals surface area contributed by atoms with E-state index in [2.05, 4.69) is 10.2 Å². The zero-order valence-electron chi connectivity index (χ0n) is 16.4. The predicted octanol–water partition coefficient (Wildman–Crippen LogP) is 4.40. The lowest BCUT2D eigenvalue weighted by molar-refractivity contribution is 0.0760. The Balaban J connectivity index is 1.29. The SMILES string of the molecule is O=C(c1cc(-c2ccc3c(c2)OCO3)n[nH]1)N1CCSC(c2cc(F)ccc2F)CC1. The third-order valence-corrected chi connectivity index (χ3v) is 6.72. The van der Waals surface area contributed by atoms with Crippen LogP contribution in [0.1, 0.15) is 27.7 Å². The maximum absolute atomic E-state index is 14.2. The number of fused-ring (bicyclic) bond motifs is 1. The van der Waals surface area contributed by atoms with Crippen LogP contribution in [0, 0.1) is 11.6 Å². The molecular weight excluding hydrogens is 424 g/mol. The monoisotopic (exact) mass is 443 g/mol. The fourth-order valence-electron chi connectivity index (χ4n) is 3.79. The average Bonchev–Trinajstić information content (AvgIpc) is 3.39. The molecule has 0 spiro atoms. The van der Waals surface area contributed by atoms with Crippen molar-refractivity contribution in [2.75, 3.05) is 25.6 Å². The summed E-state index contributed by atoms with van der Waals surface area (Å²) in [6.45, 7) is 1.16. The van der Waals surface area contributed by atoms with Gasteiger partial charge < -0.3 is 14.4 Å². The van der Waals surface area contributed by atoms with Crippen LogP contribution in [-0.2, 0) is 0 Å². The summed E-state index contributed by atoms with van der Waals surface area (Å²) in [5, 5.41) is 6.89. The van der Waals surface area contributed by atoms with Gasteiger partial charge in [-0.2, -0.15) is 16.9 Å². The zero-order chi connectivity index (χ0) is 21.4. The summed E-state index contributed by atoms with van der Waals surface area (Å²) in [5.41, 5.74) is 2.18. The number of rotatable bonds is 3. The number of carbonyl (C=O) groups excluding carboxylic acids is 1. The van der Waals surface area contributed by atoms with E-state index in [0.717, 1.165) is 17.7 Å². The molecule has 0 radical (unpaired) electrons. The number of amides is 1. The number of halogens is 2. The standard InChI is InChI=1S/C22H19F2N3O3S/c23-14-2-3-16(24)15(10-14)21-5-6-27(7-8-31-21)22(28)18-11-17(25-26-18)13-1-4-19-20(9-13)30-12-29-19/h1-4,9-11,21H,5-8,12H2,(H,25,26). The molecule has 1 unspecified atom stereocenters. The van der Waals surface area contributed by atoms with E-state index in [-0.39, 0.29) is 18.0 Å². The molecule has 1 saturated heterocycles. The minimum absolute atomic E-state index is 0.166. The highest BCUT2D eigenvalue weighted by molar-refractivity contribution is 7.99. The summed E-state index contributed by atoms with van der Waals surface area (Å²) in [4.78, 5) is 14.7. The van der Waals surface area contributed by atoms with Gasteiger partial charge in [0.15, 0.2) is 11.5 Å². The van der Waals surface area contributed by atoms with Crippen LogP contribution in [-0.4, -0.2) is 46.6 Å². The van der Waals surface area contributed by atoms with E-state index >= 15 is 0 Å². The highest BCUT2D eigenvalue weighted by Gasteiger charge is 2.26. The van der Waals surface area contributed by atoms with Gasteiger partial charge in [-0.25, -0.2) is 8.78 Å². The van der Waals surface area contributed by atoms with Gasteiger partial charge >= 0.3 is 0 Å². The molecule has 0 aliphatic carbocycles. The van der Waals surface area contributed by atoms with Crippen LogP contribution in [0.15, 0.2) is 42.5 Å². The lowest BCUT2D eigenvalue weighted by Crippen LogP contribution is -2.33. The van der Waals surface area contributed by atoms with Crippen LogP contribution < -0.4 is 9.47 Å². The first-order chi connectivity index (χ1) is 15.1. The lowest BCUT2D eigenvalue weighted by atomic mass is 10.1. The average molecular weight is 443 g/mol. The van der Waals surface area contributed by atoms with Crippen LogP contribution in [0.4, 0.5) is 8.78 Å². The molecule has 31 heavy (non-hydrogen) atoms. The summed E-state index contributed by atoms with van der Waals surface area (Å²) in [6.07, 6.45) is 0.542. The van der Waals surface area contributed by atoms with Gasteiger partial charge in [0, 0.05) is 35.2 Å². The molecule has 0 bridgehead atoms. The minimum Gasteiger partial charge on any atom is -0.454 e. The third kappa shape index (κ3) is 3.97. The molecule has 160 valence electrons. The molecule has 2 aromatic carbocycles. The van der Waals surface area contributed by atoms with Crippen LogP contribution in [0.25, 0.3) is 11.3 Å². The molecule has 1 amide bonds. The van der Waals surface area contributed by atoms with Gasteiger partial charge in [-0.15, -0.1) is 0 Å². The lowest BCUT2D eigenvalue weighted by Gasteiger charge is -2.19. The zero-order valence-corrected chi connectivity index (χ0v) is 17.3. The number of nitrogens with one attached hydrogen (secondary N) is 1. The summed E-state index contributed by atoms with van der Waals surface area (Å²) in [7, 11) is 0. The van der Waals surface area contributed by atoms with Gasteiger partial charge in [0.05, 0.1) is 5.69 Å². The number of ether oxygens (including phenoxy) is 2. The number of carbonyl (C=O) groups is 1. The predicted molar refractivity (Wildman–Crippen MR) is 112 cm³/mol. The number of H-pyrrole nitrogens is 1. The first-order valence-electron chi connectivity index (χ1n) is 9.90. The van der Waals surface area contributed by atoms with E-state index < -0.39 is 11.6 Å². The van der Waals surface area contributed by atoms with Gasteiger partial charge in [0.25, 0.3) is 5.91 Å². The Morgan fingerprint density at radius 1 is 1.10 bits per heavy atom. The molecule has 2 aliphatic rings. The Bertz CT molecular complexity index is 1140. The molecule has 3 aromatic rings. The van der Waals surface area contributed by atoms with Crippen molar-refractivity contribution >= 4 is 17.7 Å². The number of aromatic amines is 1. The number of thioether (sulfide) groups is 1. The van der Waals surface area contributed by atoms with Gasteiger partial charge in [-0.1, -0.05) is 0 Å². The van der Waals surface area contributed by atoms with Gasteiger partial charge in [-0.05, 0) is 48.9 Å². The van der Waals surface area contributed by atoms with Gasteiger partial charge in [-0.3, -0.25) is 9.89 Å². The van der Waals surface area contributed by atoms with E-state index in [1.807, 2.05) is 18.2 Å². The van der Waals surface area contributed by atoms with Crippen molar-refractivity contribution in [3.63, 3.8) is 0 Å². The molecule has 6 nitrogen and oxygen atoms in total. The summed E-state index contributed by atoms with van der Waals surface area (Å²) in [6, 6.07) is 10.7. The number of hydrogen-bond acceptors (Lipinski definition) is 5. The van der Waals surface area contributed by atoms with E-state index in [9.17, 15) is 13.6 Å². The normalized spacial score (nSPS) is 18.1. The highest BCUT2D eigenvalue weighted by atomic mass is 32.2. The Hall–Kier alpha value is -3.07. The Morgan fingerprint density at radius 3 is 2.87 bits per heavy atom. The minimum atomic E-state index is -0.456. The van der Waals surface area contributed by atoms with Crippen molar-refractivity contribution in [3.05, 3.63) is 65.4 Å². The Labute approximate surface area is 181 Å². The molecule has 1 atom stereocenters. The Kier molecular flexibility index (Phi) is 5.27. The first kappa shape index (κ1) is 19.9. The number of hydrogen-bond donors (Lipinski definition) is 1. The van der Waals surface area contributed by atoms with Crippen LogP contribution >= 0.6 is 11.8 Å². The summed E-state index contributed by atoms with van der Waals surface area (Å²) >= 11 is 1.54. The molecule has 9 heteroatoms. The molecule has 1 N–H and O–H groups in total. The van der Waals surface area contributed by atoms with Crippen molar-refractivity contribution in [2.24, 2.45) is 0 Å². The van der Waals surface area contributed by atoms with Crippen LogP contribution in [0.3, 0.4) is 0 Å². The van der Waals surface area contributed by atoms with Crippen molar-refractivity contribution < 1.29 is 23.0 Å². The largest absolute Gasteiger partial charge is 0.454 e. The maximum Gasteiger partial charge on any atom is 0.271 e. The van der Waals surface area contributed by atoms with Gasteiger partial charge in [0.1, 0.15) is 17.3 Å². The molecule has 2 aliphatic heterocycles. The molecule has 0 saturated carbocycles. The van der Waals surface area contributed by atoms with E-state index in [0.29, 0.717) is 53.7 Å². The van der Waals surface area contributed by atoms with Crippen LogP contribution in [0.2, 0.25) is 0 Å². The Morgan fingerprint density at radius 2 is 1.97 bits per heavy atom. The second-order valence-corrected chi connectivity index (χ2v) is 8.65. The second kappa shape index (κ2) is 8.22. The summed E-state index contributed by atoms with van der Waals surface area (Å²) < 4.78 is 38.5. The number of nitrogens with zero attached hydrogens (tertiary/aromatic N) is 2. The van der Waals surface area contributed by atoms with Crippen molar-refractivity contribution in [1.29, 1.82) is 0 Å². The number of benzene rings is 2. The van der Waals surface area contributed by atoms with E-state index in [1.165, 1.54) is 17.8 Å². The van der Waals surface area contributed by atoms with Crippen LogP contribution in [0.5, 0.6) is 11.5 Å². The van der Waals surface area contributed by atoms with Crippen molar-refractivity contribution in [3.8, 4) is 22.8 Å². The smallest absolute Gasteiger partial charge is 0.271 e. The topological polar surface area (TPSA) is 67.5 Å². The van der Waals surface area contributed by atoms with Gasteiger partial charge in [0.2, 0.25) is 6.79 Å². The second-order valence-electron chi connectivity index (χ2n) is 7.34. The maximum atomic E-state index is 14.2. The molecular formula is C22H19F2N3O3S. The van der Waals surface area contributed by atoms with E-state index in [1.54, 1.807) is 11.0 Å². The fraction of sp³-hybridized carbons (Fsp3) is 0.273. The van der Waals surface area contributed by atoms with E-state index in [4.69, 9.17) is 9.47 Å². The highest BCUT2D eigenvalue weighted by Crippen LogP contribution is 2.37. The molecule has 3 heterocycles. The quantitative estimate of drug-likeness (QED) is 0.650. The van der Waals surface area contributed by atoms with Crippen molar-refractivity contribution in [2.45, 2.75) is 11.7 Å². The fourth-order valence-corrected chi connectivity index (χ4v) is 5.03. The molecule has 1 fully saturated rings. The summed E-state index contributed by atoms with van der Waals surface area (Å²) in [5.74, 6) is 0.925. The third-order valence-electron chi connectivity index (χ3n) is 5.41. The van der Waals surface area contributed by atoms with Crippen molar-refractivity contribution in [1.82, 2.24) is 15.1 Å². The number of aromatic nitrogens is 2. The first-order valence-corrected chi connectivity index (χ1v) is 10.9. The molecule has 1 aromatic heterocycles. The molecule has 5 rings (SSSR count).